The number of carbonyl (C=O) groups excluding carboxylic acids is 1. The molecule has 106 valence electrons. The summed E-state index contributed by atoms with van der Waals surface area (Å²) in [7, 11) is 1.46. The minimum absolute atomic E-state index is 0.0887. The summed E-state index contributed by atoms with van der Waals surface area (Å²) in [4.78, 5) is 11.1. The van der Waals surface area contributed by atoms with E-state index in [0.717, 1.165) is 12.3 Å². The SMILES string of the molecule is CCCNC1CCCCCC1SCCC(=O)OC. The van der Waals surface area contributed by atoms with E-state index in [1.165, 1.54) is 45.6 Å². The summed E-state index contributed by atoms with van der Waals surface area (Å²) in [6.07, 6.45) is 8.34. The van der Waals surface area contributed by atoms with Gasteiger partial charge in [-0.15, -0.1) is 0 Å². The molecule has 0 heterocycles. The Labute approximate surface area is 115 Å². The maximum absolute atomic E-state index is 11.1. The van der Waals surface area contributed by atoms with Crippen molar-refractivity contribution in [3.05, 3.63) is 0 Å². The van der Waals surface area contributed by atoms with E-state index >= 15 is 0 Å². The fraction of sp³-hybridized carbons (Fsp3) is 0.929. The number of hydrogen-bond donors (Lipinski definition) is 1. The van der Waals surface area contributed by atoms with Crippen LogP contribution in [0.15, 0.2) is 0 Å². The molecule has 1 rings (SSSR count). The molecule has 0 saturated heterocycles. The van der Waals surface area contributed by atoms with Crippen molar-refractivity contribution in [2.24, 2.45) is 0 Å². The van der Waals surface area contributed by atoms with Crippen molar-refractivity contribution in [1.29, 1.82) is 0 Å². The summed E-state index contributed by atoms with van der Waals surface area (Å²) in [6.45, 7) is 3.32. The molecule has 1 saturated carbocycles. The third-order valence-corrected chi connectivity index (χ3v) is 4.91. The molecular formula is C14H27NO2S. The number of methoxy groups -OCH3 is 1. The first-order valence-corrected chi connectivity index (χ1v) is 8.24. The van der Waals surface area contributed by atoms with E-state index in [-0.39, 0.29) is 5.97 Å². The first-order valence-electron chi connectivity index (χ1n) is 7.19. The van der Waals surface area contributed by atoms with E-state index in [9.17, 15) is 4.79 Å². The van der Waals surface area contributed by atoms with Crippen LogP contribution in [0.25, 0.3) is 0 Å². The molecule has 0 aromatic rings. The van der Waals surface area contributed by atoms with Gasteiger partial charge in [0.15, 0.2) is 0 Å². The summed E-state index contributed by atoms with van der Waals surface area (Å²) in [6, 6.07) is 0.634. The van der Waals surface area contributed by atoms with Crippen molar-refractivity contribution in [1.82, 2.24) is 5.32 Å². The van der Waals surface area contributed by atoms with E-state index in [2.05, 4.69) is 17.0 Å². The first kappa shape index (κ1) is 15.8. The number of thioether (sulfide) groups is 1. The molecule has 1 fully saturated rings. The van der Waals surface area contributed by atoms with E-state index in [1.807, 2.05) is 11.8 Å². The van der Waals surface area contributed by atoms with Crippen LogP contribution in [0.4, 0.5) is 0 Å². The molecule has 0 bridgehead atoms. The third-order valence-electron chi connectivity index (χ3n) is 3.47. The highest BCUT2D eigenvalue weighted by atomic mass is 32.2. The zero-order valence-electron chi connectivity index (χ0n) is 11.7. The summed E-state index contributed by atoms with van der Waals surface area (Å²) >= 11 is 1.95. The largest absolute Gasteiger partial charge is 0.469 e. The number of ether oxygens (including phenoxy) is 1. The van der Waals surface area contributed by atoms with Gasteiger partial charge in [0.2, 0.25) is 0 Å². The van der Waals surface area contributed by atoms with Crippen LogP contribution >= 0.6 is 11.8 Å². The molecular weight excluding hydrogens is 246 g/mol. The normalized spacial score (nSPS) is 24.6. The molecule has 4 heteroatoms. The summed E-state index contributed by atoms with van der Waals surface area (Å²) < 4.78 is 4.69. The maximum atomic E-state index is 11.1. The Bertz CT molecular complexity index is 236. The van der Waals surface area contributed by atoms with Gasteiger partial charge >= 0.3 is 5.97 Å². The lowest BCUT2D eigenvalue weighted by molar-refractivity contribution is -0.140. The maximum Gasteiger partial charge on any atom is 0.306 e. The molecule has 1 aliphatic carbocycles. The van der Waals surface area contributed by atoms with Gasteiger partial charge in [-0.25, -0.2) is 0 Å². The highest BCUT2D eigenvalue weighted by Crippen LogP contribution is 2.28. The zero-order chi connectivity index (χ0) is 13.2. The number of hydrogen-bond acceptors (Lipinski definition) is 4. The van der Waals surface area contributed by atoms with Crippen LogP contribution in [0.1, 0.15) is 51.9 Å². The van der Waals surface area contributed by atoms with Crippen LogP contribution in [0.3, 0.4) is 0 Å². The lowest BCUT2D eigenvalue weighted by Gasteiger charge is -2.25. The molecule has 1 aliphatic rings. The van der Waals surface area contributed by atoms with Gasteiger partial charge in [0, 0.05) is 17.0 Å². The van der Waals surface area contributed by atoms with E-state index in [4.69, 9.17) is 0 Å². The van der Waals surface area contributed by atoms with Crippen LogP contribution < -0.4 is 5.32 Å². The van der Waals surface area contributed by atoms with Gasteiger partial charge < -0.3 is 10.1 Å². The molecule has 0 spiro atoms. The minimum Gasteiger partial charge on any atom is -0.469 e. The van der Waals surface area contributed by atoms with Crippen molar-refractivity contribution < 1.29 is 9.53 Å². The summed E-state index contributed by atoms with van der Waals surface area (Å²) in [5.41, 5.74) is 0. The number of esters is 1. The predicted molar refractivity (Wildman–Crippen MR) is 78.0 cm³/mol. The monoisotopic (exact) mass is 273 g/mol. The highest BCUT2D eigenvalue weighted by molar-refractivity contribution is 7.99. The minimum atomic E-state index is -0.0887. The molecule has 0 aromatic heterocycles. The van der Waals surface area contributed by atoms with E-state index in [0.29, 0.717) is 17.7 Å². The molecule has 3 nitrogen and oxygen atoms in total. The molecule has 18 heavy (non-hydrogen) atoms. The number of carbonyl (C=O) groups is 1. The Kier molecular flexibility index (Phi) is 8.51. The van der Waals surface area contributed by atoms with Gasteiger partial charge in [-0.05, 0) is 25.8 Å². The Hall–Kier alpha value is -0.220. The summed E-state index contributed by atoms with van der Waals surface area (Å²) in [5.74, 6) is 0.802. The first-order chi connectivity index (χ1) is 8.77. The second-order valence-electron chi connectivity index (χ2n) is 4.93. The van der Waals surface area contributed by atoms with Gasteiger partial charge in [-0.1, -0.05) is 26.2 Å². The van der Waals surface area contributed by atoms with E-state index < -0.39 is 0 Å². The van der Waals surface area contributed by atoms with E-state index in [1.54, 1.807) is 0 Å². The average Bonchev–Trinajstić information content (AvgIpc) is 2.61. The second-order valence-corrected chi connectivity index (χ2v) is 6.28. The lowest BCUT2D eigenvalue weighted by Crippen LogP contribution is -2.38. The Morgan fingerprint density at radius 1 is 1.33 bits per heavy atom. The van der Waals surface area contributed by atoms with Gasteiger partial charge in [0.25, 0.3) is 0 Å². The Balaban J connectivity index is 2.33. The Morgan fingerprint density at radius 3 is 2.83 bits per heavy atom. The average molecular weight is 273 g/mol. The fourth-order valence-electron chi connectivity index (χ4n) is 2.43. The van der Waals surface area contributed by atoms with Crippen molar-refractivity contribution in [2.75, 3.05) is 19.4 Å². The predicted octanol–water partition coefficient (Wildman–Crippen LogP) is 2.98. The lowest BCUT2D eigenvalue weighted by atomic mass is 10.1. The summed E-state index contributed by atoms with van der Waals surface area (Å²) in [5, 5.41) is 4.35. The molecule has 0 amide bonds. The van der Waals surface area contributed by atoms with Crippen molar-refractivity contribution in [3.63, 3.8) is 0 Å². The molecule has 2 unspecified atom stereocenters. The quantitative estimate of drug-likeness (QED) is 0.572. The standard InChI is InChI=1S/C14H27NO2S/c1-3-10-15-12-7-5-4-6-8-13(12)18-11-9-14(16)17-2/h12-13,15H,3-11H2,1-2H3. The van der Waals surface area contributed by atoms with Crippen molar-refractivity contribution in [2.45, 2.75) is 63.2 Å². The fourth-order valence-corrected chi connectivity index (χ4v) is 3.82. The number of rotatable bonds is 7. The molecule has 2 atom stereocenters. The molecule has 0 aliphatic heterocycles. The van der Waals surface area contributed by atoms with Gasteiger partial charge in [-0.3, -0.25) is 4.79 Å². The van der Waals surface area contributed by atoms with Crippen molar-refractivity contribution >= 4 is 17.7 Å². The van der Waals surface area contributed by atoms with Crippen LogP contribution in [0.5, 0.6) is 0 Å². The number of nitrogens with one attached hydrogen (secondary N) is 1. The van der Waals surface area contributed by atoms with Gasteiger partial charge in [0.1, 0.15) is 0 Å². The molecule has 1 N–H and O–H groups in total. The zero-order valence-corrected chi connectivity index (χ0v) is 12.6. The Morgan fingerprint density at radius 2 is 2.11 bits per heavy atom. The molecule has 0 aromatic carbocycles. The molecule has 0 radical (unpaired) electrons. The van der Waals surface area contributed by atoms with Gasteiger partial charge in [-0.2, -0.15) is 11.8 Å². The van der Waals surface area contributed by atoms with Crippen molar-refractivity contribution in [3.8, 4) is 0 Å². The topological polar surface area (TPSA) is 38.3 Å². The van der Waals surface area contributed by atoms with Crippen LogP contribution in [-0.2, 0) is 9.53 Å². The smallest absolute Gasteiger partial charge is 0.306 e. The third kappa shape index (κ3) is 6.10. The van der Waals surface area contributed by atoms with Crippen LogP contribution in [0.2, 0.25) is 0 Å². The highest BCUT2D eigenvalue weighted by Gasteiger charge is 2.23. The van der Waals surface area contributed by atoms with Gasteiger partial charge in [0.05, 0.1) is 13.5 Å². The van der Waals surface area contributed by atoms with Crippen LogP contribution in [-0.4, -0.2) is 36.7 Å². The second kappa shape index (κ2) is 9.68. The van der Waals surface area contributed by atoms with Crippen LogP contribution in [0, 0.1) is 0 Å².